The van der Waals surface area contributed by atoms with Crippen molar-refractivity contribution in [2.24, 2.45) is 0 Å². The Labute approximate surface area is 104 Å². The summed E-state index contributed by atoms with van der Waals surface area (Å²) in [5.41, 5.74) is 3.66. The van der Waals surface area contributed by atoms with E-state index in [0.717, 1.165) is 50.9 Å². The van der Waals surface area contributed by atoms with Crippen molar-refractivity contribution in [3.8, 4) is 0 Å². The van der Waals surface area contributed by atoms with E-state index in [0.29, 0.717) is 6.42 Å². The van der Waals surface area contributed by atoms with E-state index in [-0.39, 0.29) is 0 Å². The van der Waals surface area contributed by atoms with Gasteiger partial charge in [-0.1, -0.05) is 0 Å². The number of rotatable bonds is 2. The van der Waals surface area contributed by atoms with Gasteiger partial charge in [0.1, 0.15) is 29.0 Å². The maximum Gasteiger partial charge on any atom is 0.139 e. The molecule has 18 heavy (non-hydrogen) atoms. The monoisotopic (exact) mass is 242 g/mol. The van der Waals surface area contributed by atoms with E-state index in [1.54, 1.807) is 0 Å². The number of hydrogen-bond donors (Lipinski definition) is 0. The molecule has 2 heterocycles. The number of carbonyl (C=O) groups is 1. The standard InChI is InChI=1S/C15H14O3/c1-8-6-12-10(3)14-13(7-9(2)17-14)11(4-5-16)15(12)18-8/h5-7H,4H2,1-3H3. The zero-order valence-electron chi connectivity index (χ0n) is 10.7. The molecule has 0 N–H and O–H groups in total. The highest BCUT2D eigenvalue weighted by Crippen LogP contribution is 2.36. The van der Waals surface area contributed by atoms with Crippen molar-refractivity contribution >= 4 is 28.2 Å². The van der Waals surface area contributed by atoms with Gasteiger partial charge in [0.05, 0.1) is 0 Å². The topological polar surface area (TPSA) is 43.4 Å². The Kier molecular flexibility index (Phi) is 2.30. The van der Waals surface area contributed by atoms with Crippen LogP contribution in [0.15, 0.2) is 21.0 Å². The summed E-state index contributed by atoms with van der Waals surface area (Å²) in [5.74, 6) is 1.70. The quantitative estimate of drug-likeness (QED) is 0.641. The van der Waals surface area contributed by atoms with E-state index in [4.69, 9.17) is 8.83 Å². The molecular formula is C15H14O3. The van der Waals surface area contributed by atoms with Gasteiger partial charge in [-0.25, -0.2) is 0 Å². The molecule has 0 aliphatic rings. The van der Waals surface area contributed by atoms with Gasteiger partial charge in [0.25, 0.3) is 0 Å². The summed E-state index contributed by atoms with van der Waals surface area (Å²) < 4.78 is 11.5. The lowest BCUT2D eigenvalue weighted by Gasteiger charge is -2.03. The van der Waals surface area contributed by atoms with E-state index in [1.807, 2.05) is 32.9 Å². The Morgan fingerprint density at radius 2 is 1.61 bits per heavy atom. The fraction of sp³-hybridized carbons (Fsp3) is 0.267. The molecule has 0 amide bonds. The van der Waals surface area contributed by atoms with Gasteiger partial charge in [0.2, 0.25) is 0 Å². The molecule has 3 heteroatoms. The minimum atomic E-state index is 0.346. The van der Waals surface area contributed by atoms with Gasteiger partial charge in [-0.3, -0.25) is 0 Å². The summed E-state index contributed by atoms with van der Waals surface area (Å²) in [6.45, 7) is 5.85. The summed E-state index contributed by atoms with van der Waals surface area (Å²) in [6, 6.07) is 3.97. The van der Waals surface area contributed by atoms with Gasteiger partial charge in [-0.05, 0) is 32.9 Å². The number of furan rings is 2. The van der Waals surface area contributed by atoms with Gasteiger partial charge in [0.15, 0.2) is 0 Å². The lowest BCUT2D eigenvalue weighted by Crippen LogP contribution is -1.90. The minimum Gasteiger partial charge on any atom is -0.461 e. The van der Waals surface area contributed by atoms with Crippen molar-refractivity contribution in [1.29, 1.82) is 0 Å². The fourth-order valence-corrected chi connectivity index (χ4v) is 2.56. The van der Waals surface area contributed by atoms with Crippen LogP contribution in [-0.2, 0) is 11.2 Å². The van der Waals surface area contributed by atoms with Crippen molar-refractivity contribution in [1.82, 2.24) is 0 Å². The van der Waals surface area contributed by atoms with Crippen LogP contribution in [-0.4, -0.2) is 6.29 Å². The molecule has 0 aliphatic heterocycles. The Morgan fingerprint density at radius 3 is 2.28 bits per heavy atom. The summed E-state index contributed by atoms with van der Waals surface area (Å²) >= 11 is 0. The molecule has 92 valence electrons. The van der Waals surface area contributed by atoms with Crippen LogP contribution in [0, 0.1) is 20.8 Å². The summed E-state index contributed by atoms with van der Waals surface area (Å²) in [6.07, 6.45) is 1.25. The molecular weight excluding hydrogens is 228 g/mol. The summed E-state index contributed by atoms with van der Waals surface area (Å²) in [4.78, 5) is 10.9. The van der Waals surface area contributed by atoms with Crippen molar-refractivity contribution in [3.05, 3.63) is 34.8 Å². The van der Waals surface area contributed by atoms with Gasteiger partial charge in [-0.2, -0.15) is 0 Å². The van der Waals surface area contributed by atoms with Crippen LogP contribution in [0.1, 0.15) is 22.6 Å². The zero-order valence-corrected chi connectivity index (χ0v) is 10.7. The van der Waals surface area contributed by atoms with E-state index in [2.05, 4.69) is 0 Å². The minimum absolute atomic E-state index is 0.346. The summed E-state index contributed by atoms with van der Waals surface area (Å²) in [7, 11) is 0. The van der Waals surface area contributed by atoms with Crippen molar-refractivity contribution in [3.63, 3.8) is 0 Å². The largest absolute Gasteiger partial charge is 0.461 e. The molecule has 0 saturated heterocycles. The summed E-state index contributed by atoms with van der Waals surface area (Å²) in [5, 5.41) is 2.02. The van der Waals surface area contributed by atoms with Crippen LogP contribution in [0.4, 0.5) is 0 Å². The Morgan fingerprint density at radius 1 is 1.00 bits per heavy atom. The first-order chi connectivity index (χ1) is 8.61. The maximum absolute atomic E-state index is 10.9. The van der Waals surface area contributed by atoms with Gasteiger partial charge in [-0.15, -0.1) is 0 Å². The molecule has 1 aromatic carbocycles. The van der Waals surface area contributed by atoms with E-state index in [9.17, 15) is 4.79 Å². The van der Waals surface area contributed by atoms with Crippen molar-refractivity contribution < 1.29 is 13.6 Å². The molecule has 3 nitrogen and oxygen atoms in total. The number of aryl methyl sites for hydroxylation is 3. The third-order valence-corrected chi connectivity index (χ3v) is 3.34. The zero-order chi connectivity index (χ0) is 12.9. The first-order valence-corrected chi connectivity index (χ1v) is 5.97. The molecule has 0 saturated carbocycles. The molecule has 2 aromatic heterocycles. The van der Waals surface area contributed by atoms with Gasteiger partial charge in [0, 0.05) is 28.3 Å². The number of benzene rings is 1. The lowest BCUT2D eigenvalue weighted by molar-refractivity contribution is -0.107. The average molecular weight is 242 g/mol. The van der Waals surface area contributed by atoms with Crippen LogP contribution in [0.5, 0.6) is 0 Å². The molecule has 3 aromatic rings. The third-order valence-electron chi connectivity index (χ3n) is 3.34. The van der Waals surface area contributed by atoms with Crippen molar-refractivity contribution in [2.45, 2.75) is 27.2 Å². The Balaban J connectivity index is 2.55. The second-order valence-electron chi connectivity index (χ2n) is 4.67. The SMILES string of the molecule is Cc1cc2c(CC=O)c3oc(C)cc3c(C)c2o1. The van der Waals surface area contributed by atoms with Gasteiger partial charge < -0.3 is 13.6 Å². The Bertz CT molecular complexity index is 701. The third kappa shape index (κ3) is 1.40. The first kappa shape index (κ1) is 11.1. The second-order valence-corrected chi connectivity index (χ2v) is 4.67. The van der Waals surface area contributed by atoms with Gasteiger partial charge >= 0.3 is 0 Å². The number of fused-ring (bicyclic) bond motifs is 2. The van der Waals surface area contributed by atoms with Crippen LogP contribution >= 0.6 is 0 Å². The highest BCUT2D eigenvalue weighted by molar-refractivity contribution is 6.02. The van der Waals surface area contributed by atoms with Crippen LogP contribution in [0.3, 0.4) is 0 Å². The molecule has 0 aliphatic carbocycles. The second kappa shape index (κ2) is 3.73. The Hall–Kier alpha value is -2.03. The predicted molar refractivity (Wildman–Crippen MR) is 70.0 cm³/mol. The van der Waals surface area contributed by atoms with Crippen LogP contribution in [0.25, 0.3) is 21.9 Å². The van der Waals surface area contributed by atoms with E-state index >= 15 is 0 Å². The smallest absolute Gasteiger partial charge is 0.139 e. The first-order valence-electron chi connectivity index (χ1n) is 5.97. The van der Waals surface area contributed by atoms with Crippen molar-refractivity contribution in [2.75, 3.05) is 0 Å². The predicted octanol–water partition coefficient (Wildman–Crippen LogP) is 3.85. The maximum atomic E-state index is 10.9. The average Bonchev–Trinajstić information content (AvgIpc) is 2.88. The lowest BCUT2D eigenvalue weighted by atomic mass is 10.0. The van der Waals surface area contributed by atoms with E-state index < -0.39 is 0 Å². The van der Waals surface area contributed by atoms with Crippen LogP contribution in [0.2, 0.25) is 0 Å². The molecule has 0 radical (unpaired) electrons. The van der Waals surface area contributed by atoms with E-state index in [1.165, 1.54) is 0 Å². The van der Waals surface area contributed by atoms with Crippen LogP contribution < -0.4 is 0 Å². The fourth-order valence-electron chi connectivity index (χ4n) is 2.56. The highest BCUT2D eigenvalue weighted by atomic mass is 16.3. The number of aldehydes is 1. The molecule has 3 rings (SSSR count). The highest BCUT2D eigenvalue weighted by Gasteiger charge is 2.17. The molecule has 0 fully saturated rings. The molecule has 0 atom stereocenters. The molecule has 0 unspecified atom stereocenters. The molecule has 0 bridgehead atoms. The number of hydrogen-bond acceptors (Lipinski definition) is 3. The number of carbonyl (C=O) groups excluding carboxylic acids is 1. The molecule has 0 spiro atoms. The normalized spacial score (nSPS) is 11.5.